The molecule has 56 valence electrons. The van der Waals surface area contributed by atoms with Gasteiger partial charge in [0, 0.05) is 0 Å². The summed E-state index contributed by atoms with van der Waals surface area (Å²) in [4.78, 5) is 21.8. The van der Waals surface area contributed by atoms with Crippen LogP contribution in [0.15, 0.2) is 24.3 Å². The first kappa shape index (κ1) is 6.34. The van der Waals surface area contributed by atoms with E-state index in [9.17, 15) is 9.59 Å². The summed E-state index contributed by atoms with van der Waals surface area (Å²) in [5.41, 5.74) is 0. The van der Waals surface area contributed by atoms with Gasteiger partial charge in [-0.2, -0.15) is 0 Å². The van der Waals surface area contributed by atoms with Gasteiger partial charge in [0.15, 0.2) is 0 Å². The molecule has 0 spiro atoms. The minimum Gasteiger partial charge on any atom is -0.392 e. The van der Waals surface area contributed by atoms with E-state index in [1.54, 1.807) is 24.3 Å². The Morgan fingerprint density at radius 2 is 1.45 bits per heavy atom. The molecular formula is C8H6O3. The monoisotopic (exact) mass is 150 g/mol. The molecule has 11 heavy (non-hydrogen) atoms. The summed E-state index contributed by atoms with van der Waals surface area (Å²) in [5.74, 6) is -1.60. The van der Waals surface area contributed by atoms with Crippen molar-refractivity contribution in [3.8, 4) is 0 Å². The van der Waals surface area contributed by atoms with Crippen molar-refractivity contribution in [1.82, 2.24) is 0 Å². The Labute approximate surface area is 63.3 Å². The number of cyclic esters (lactones) is 2. The fourth-order valence-electron chi connectivity index (χ4n) is 1.29. The Morgan fingerprint density at radius 1 is 1.00 bits per heavy atom. The topological polar surface area (TPSA) is 43.4 Å². The minimum absolute atomic E-state index is 0.368. The number of fused-ring (bicyclic) bond motifs is 1. The summed E-state index contributed by atoms with van der Waals surface area (Å²) in [6.07, 6.45) is 6.89. The molecule has 1 fully saturated rings. The maximum Gasteiger partial charge on any atom is 0.321 e. The van der Waals surface area contributed by atoms with Crippen molar-refractivity contribution in [2.24, 2.45) is 11.8 Å². The summed E-state index contributed by atoms with van der Waals surface area (Å²) < 4.78 is 4.43. The predicted molar refractivity (Wildman–Crippen MR) is 36.4 cm³/mol. The number of carbonyl (C=O) groups excluding carboxylic acids is 2. The van der Waals surface area contributed by atoms with E-state index in [1.807, 2.05) is 0 Å². The fourth-order valence-corrected chi connectivity index (χ4v) is 1.29. The van der Waals surface area contributed by atoms with Gasteiger partial charge in [0.25, 0.3) is 0 Å². The first-order valence-electron chi connectivity index (χ1n) is 3.39. The highest BCUT2D eigenvalue weighted by Gasteiger charge is 2.41. The zero-order chi connectivity index (χ0) is 7.84. The molecule has 2 rings (SSSR count). The number of esters is 2. The molecule has 1 aliphatic heterocycles. The summed E-state index contributed by atoms with van der Waals surface area (Å²) in [7, 11) is 0. The molecule has 0 bridgehead atoms. The van der Waals surface area contributed by atoms with Gasteiger partial charge < -0.3 is 4.74 Å². The third kappa shape index (κ3) is 0.808. The molecule has 2 atom stereocenters. The van der Waals surface area contributed by atoms with E-state index in [0.717, 1.165) is 0 Å². The molecule has 0 aromatic rings. The molecule has 0 aromatic carbocycles. The van der Waals surface area contributed by atoms with Crippen LogP contribution >= 0.6 is 0 Å². The highest BCUT2D eigenvalue weighted by Crippen LogP contribution is 2.28. The summed E-state index contributed by atoms with van der Waals surface area (Å²) in [6.45, 7) is 0. The summed E-state index contributed by atoms with van der Waals surface area (Å²) in [6, 6.07) is 0. The number of allylic oxidation sites excluding steroid dienone is 2. The lowest BCUT2D eigenvalue weighted by Crippen LogP contribution is -2.14. The minimum atomic E-state index is -0.430. The van der Waals surface area contributed by atoms with E-state index in [-0.39, 0.29) is 11.8 Å². The molecule has 3 nitrogen and oxygen atoms in total. The van der Waals surface area contributed by atoms with Gasteiger partial charge >= 0.3 is 11.9 Å². The number of rotatable bonds is 0. The maximum atomic E-state index is 10.9. The van der Waals surface area contributed by atoms with Crippen LogP contribution in [0, 0.1) is 11.8 Å². The normalized spacial score (nSPS) is 33.8. The lowest BCUT2D eigenvalue weighted by Gasteiger charge is -2.06. The van der Waals surface area contributed by atoms with Crippen LogP contribution in [0.3, 0.4) is 0 Å². The van der Waals surface area contributed by atoms with Crippen LogP contribution in [0.4, 0.5) is 0 Å². The van der Waals surface area contributed by atoms with Gasteiger partial charge in [-0.25, -0.2) is 0 Å². The van der Waals surface area contributed by atoms with Crippen molar-refractivity contribution in [2.45, 2.75) is 0 Å². The fraction of sp³-hybridized carbons (Fsp3) is 0.250. The SMILES string of the molecule is O=C1OC(=O)[C@@H]2C=CC=C[C@H]12. The van der Waals surface area contributed by atoms with Crippen molar-refractivity contribution in [2.75, 3.05) is 0 Å². The van der Waals surface area contributed by atoms with Crippen LogP contribution in [0.2, 0.25) is 0 Å². The van der Waals surface area contributed by atoms with Gasteiger partial charge in [0.05, 0.1) is 11.8 Å². The molecule has 1 aliphatic carbocycles. The van der Waals surface area contributed by atoms with Crippen molar-refractivity contribution in [1.29, 1.82) is 0 Å². The molecule has 0 N–H and O–H groups in total. The molecular weight excluding hydrogens is 144 g/mol. The van der Waals surface area contributed by atoms with Crippen molar-refractivity contribution in [3.63, 3.8) is 0 Å². The molecule has 0 saturated carbocycles. The van der Waals surface area contributed by atoms with Crippen LogP contribution in [-0.2, 0) is 14.3 Å². The van der Waals surface area contributed by atoms with Gasteiger partial charge in [0.1, 0.15) is 0 Å². The summed E-state index contributed by atoms with van der Waals surface area (Å²) >= 11 is 0. The molecule has 1 heterocycles. The Morgan fingerprint density at radius 3 is 1.91 bits per heavy atom. The van der Waals surface area contributed by atoms with E-state index in [0.29, 0.717) is 0 Å². The largest absolute Gasteiger partial charge is 0.392 e. The number of hydrogen-bond acceptors (Lipinski definition) is 3. The molecule has 3 heteroatoms. The van der Waals surface area contributed by atoms with Crippen molar-refractivity contribution in [3.05, 3.63) is 24.3 Å². The molecule has 0 aromatic heterocycles. The van der Waals surface area contributed by atoms with Crippen LogP contribution in [0.1, 0.15) is 0 Å². The van der Waals surface area contributed by atoms with E-state index in [2.05, 4.69) is 4.74 Å². The van der Waals surface area contributed by atoms with Crippen LogP contribution in [0.25, 0.3) is 0 Å². The van der Waals surface area contributed by atoms with Crippen LogP contribution < -0.4 is 0 Å². The van der Waals surface area contributed by atoms with Crippen LogP contribution in [0.5, 0.6) is 0 Å². The number of carbonyl (C=O) groups is 2. The number of hydrogen-bond donors (Lipinski definition) is 0. The average molecular weight is 150 g/mol. The second-order valence-electron chi connectivity index (χ2n) is 2.56. The Kier molecular flexibility index (Phi) is 1.18. The van der Waals surface area contributed by atoms with Crippen LogP contribution in [-0.4, -0.2) is 11.9 Å². The average Bonchev–Trinajstić information content (AvgIpc) is 2.30. The third-order valence-corrected chi connectivity index (χ3v) is 1.88. The van der Waals surface area contributed by atoms with Gasteiger partial charge in [-0.3, -0.25) is 9.59 Å². The second kappa shape index (κ2) is 2.05. The Balaban J connectivity index is 2.37. The molecule has 0 radical (unpaired) electrons. The predicted octanol–water partition coefficient (Wildman–Crippen LogP) is 0.428. The van der Waals surface area contributed by atoms with Gasteiger partial charge in [-0.05, 0) is 0 Å². The maximum absolute atomic E-state index is 10.9. The standard InChI is InChI=1S/C8H6O3/c9-7-5-3-1-2-4-6(5)8(10)11-7/h1-6H/t5-,6+. The van der Waals surface area contributed by atoms with Gasteiger partial charge in [-0.15, -0.1) is 0 Å². The van der Waals surface area contributed by atoms with Gasteiger partial charge in [0.2, 0.25) is 0 Å². The molecule has 0 amide bonds. The zero-order valence-electron chi connectivity index (χ0n) is 5.69. The highest BCUT2D eigenvalue weighted by molar-refractivity contribution is 5.98. The molecule has 2 aliphatic rings. The lowest BCUT2D eigenvalue weighted by atomic mass is 9.91. The lowest BCUT2D eigenvalue weighted by molar-refractivity contribution is -0.153. The zero-order valence-corrected chi connectivity index (χ0v) is 5.69. The molecule has 1 saturated heterocycles. The van der Waals surface area contributed by atoms with Gasteiger partial charge in [-0.1, -0.05) is 24.3 Å². The quantitative estimate of drug-likeness (QED) is 0.371. The Bertz CT molecular complexity index is 247. The highest BCUT2D eigenvalue weighted by atomic mass is 16.6. The van der Waals surface area contributed by atoms with Crippen molar-refractivity contribution < 1.29 is 14.3 Å². The van der Waals surface area contributed by atoms with Crippen molar-refractivity contribution >= 4 is 11.9 Å². The van der Waals surface area contributed by atoms with E-state index >= 15 is 0 Å². The third-order valence-electron chi connectivity index (χ3n) is 1.88. The van der Waals surface area contributed by atoms with E-state index in [1.165, 1.54) is 0 Å². The smallest absolute Gasteiger partial charge is 0.321 e. The molecule has 0 unspecified atom stereocenters. The Hall–Kier alpha value is -1.38. The first-order chi connectivity index (χ1) is 5.29. The van der Waals surface area contributed by atoms with E-state index < -0.39 is 11.9 Å². The first-order valence-corrected chi connectivity index (χ1v) is 3.39. The van der Waals surface area contributed by atoms with E-state index in [4.69, 9.17) is 0 Å². The number of ether oxygens (including phenoxy) is 1. The summed E-state index contributed by atoms with van der Waals surface area (Å²) in [5, 5.41) is 0. The second-order valence-corrected chi connectivity index (χ2v) is 2.56.